The lowest BCUT2D eigenvalue weighted by atomic mass is 10.1. The van der Waals surface area contributed by atoms with Crippen LogP contribution < -0.4 is 15.1 Å². The Bertz CT molecular complexity index is 824. The van der Waals surface area contributed by atoms with Crippen LogP contribution in [0.2, 0.25) is 0 Å². The fraction of sp³-hybridized carbons (Fsp3) is 0.375. The highest BCUT2D eigenvalue weighted by Crippen LogP contribution is 2.32. The molecule has 3 rings (SSSR count). The lowest BCUT2D eigenvalue weighted by Gasteiger charge is -2.21. The Labute approximate surface area is 156 Å². The van der Waals surface area contributed by atoms with E-state index in [1.165, 1.54) is 11.2 Å². The van der Waals surface area contributed by atoms with Crippen molar-refractivity contribution in [2.75, 3.05) is 43.1 Å². The van der Waals surface area contributed by atoms with E-state index in [0.29, 0.717) is 18.8 Å². The molecule has 1 aromatic heterocycles. The molecule has 1 aliphatic heterocycles. The normalized spacial score (nSPS) is 13.0. The van der Waals surface area contributed by atoms with Crippen LogP contribution >= 0.6 is 12.8 Å². The monoisotopic (exact) mass is 376 g/mol. The second-order valence-electron chi connectivity index (χ2n) is 5.85. The molecule has 26 heavy (non-hydrogen) atoms. The molecular weight excluding hydrogens is 356 g/mol. The molecule has 0 atom stereocenters. The molecule has 0 aliphatic carbocycles. The second kappa shape index (κ2) is 7.85. The SMILES string of the molecule is CN(C(=O)CNCCO)c1ccc2c(c1)N(C(=O)c1ncnn1S)CC2. The maximum atomic E-state index is 12.7. The summed E-state index contributed by atoms with van der Waals surface area (Å²) < 4.78 is 1.15. The Morgan fingerprint density at radius 1 is 1.42 bits per heavy atom. The van der Waals surface area contributed by atoms with Gasteiger partial charge in [0.15, 0.2) is 0 Å². The van der Waals surface area contributed by atoms with Gasteiger partial charge in [0.05, 0.1) is 13.2 Å². The van der Waals surface area contributed by atoms with Crippen molar-refractivity contribution in [2.45, 2.75) is 6.42 Å². The van der Waals surface area contributed by atoms with Gasteiger partial charge in [-0.1, -0.05) is 6.07 Å². The third-order valence-electron chi connectivity index (χ3n) is 4.26. The molecule has 9 nitrogen and oxygen atoms in total. The van der Waals surface area contributed by atoms with Crippen LogP contribution in [0.1, 0.15) is 16.2 Å². The Morgan fingerprint density at radius 3 is 2.92 bits per heavy atom. The van der Waals surface area contributed by atoms with Gasteiger partial charge in [0.25, 0.3) is 5.91 Å². The number of likely N-dealkylation sites (N-methyl/N-ethyl adjacent to an activating group) is 1. The van der Waals surface area contributed by atoms with E-state index in [4.69, 9.17) is 5.11 Å². The van der Waals surface area contributed by atoms with Gasteiger partial charge in [0, 0.05) is 31.5 Å². The summed E-state index contributed by atoms with van der Waals surface area (Å²) >= 11 is 4.09. The number of amides is 2. The zero-order chi connectivity index (χ0) is 18.7. The van der Waals surface area contributed by atoms with Gasteiger partial charge in [-0.15, -0.1) is 5.10 Å². The van der Waals surface area contributed by atoms with Crippen molar-refractivity contribution in [3.05, 3.63) is 35.9 Å². The third kappa shape index (κ3) is 3.57. The maximum absolute atomic E-state index is 12.7. The van der Waals surface area contributed by atoms with E-state index in [1.807, 2.05) is 18.2 Å². The van der Waals surface area contributed by atoms with Crippen LogP contribution in [-0.2, 0) is 11.2 Å². The zero-order valence-corrected chi connectivity index (χ0v) is 15.2. The molecule has 2 N–H and O–H groups in total. The first-order valence-electron chi connectivity index (χ1n) is 8.15. The van der Waals surface area contributed by atoms with Gasteiger partial charge in [0.1, 0.15) is 6.33 Å². The smallest absolute Gasteiger partial charge is 0.296 e. The number of fused-ring (bicyclic) bond motifs is 1. The number of anilines is 2. The number of aliphatic hydroxyl groups is 1. The van der Waals surface area contributed by atoms with Crippen molar-refractivity contribution in [1.82, 2.24) is 19.5 Å². The van der Waals surface area contributed by atoms with Crippen LogP contribution in [0.25, 0.3) is 0 Å². The molecule has 1 aromatic carbocycles. The largest absolute Gasteiger partial charge is 0.395 e. The van der Waals surface area contributed by atoms with Gasteiger partial charge < -0.3 is 20.2 Å². The molecule has 1 aliphatic rings. The van der Waals surface area contributed by atoms with Crippen molar-refractivity contribution in [2.24, 2.45) is 0 Å². The standard InChI is InChI=1S/C16H20N6O3S/c1-20(14(24)9-17-5-7-23)12-3-2-11-4-6-21(13(11)8-12)16(25)15-18-10-19-22(15)26/h2-3,8,10,17,23,26H,4-7,9H2,1H3. The second-order valence-corrected chi connectivity index (χ2v) is 6.22. The van der Waals surface area contributed by atoms with Crippen molar-refractivity contribution in [1.29, 1.82) is 0 Å². The predicted molar refractivity (Wildman–Crippen MR) is 99.6 cm³/mol. The zero-order valence-electron chi connectivity index (χ0n) is 14.3. The fourth-order valence-corrected chi connectivity index (χ4v) is 3.00. The minimum atomic E-state index is -0.285. The van der Waals surface area contributed by atoms with Gasteiger partial charge in [-0.05, 0) is 36.9 Å². The first-order valence-corrected chi connectivity index (χ1v) is 8.55. The van der Waals surface area contributed by atoms with E-state index < -0.39 is 0 Å². The van der Waals surface area contributed by atoms with Crippen molar-refractivity contribution >= 4 is 36.0 Å². The average Bonchev–Trinajstić information content (AvgIpc) is 3.26. The molecule has 138 valence electrons. The van der Waals surface area contributed by atoms with Gasteiger partial charge in [-0.3, -0.25) is 9.59 Å². The summed E-state index contributed by atoms with van der Waals surface area (Å²) in [6.45, 7) is 0.993. The molecule has 0 bridgehead atoms. The number of thiol groups is 1. The van der Waals surface area contributed by atoms with Gasteiger partial charge >= 0.3 is 0 Å². The number of aromatic nitrogens is 3. The Morgan fingerprint density at radius 2 is 2.23 bits per heavy atom. The molecule has 10 heteroatoms. The highest BCUT2D eigenvalue weighted by molar-refractivity contribution is 7.78. The van der Waals surface area contributed by atoms with Crippen LogP contribution in [0.4, 0.5) is 11.4 Å². The Hall–Kier alpha value is -2.43. The number of rotatable bonds is 6. The lowest BCUT2D eigenvalue weighted by molar-refractivity contribution is -0.117. The van der Waals surface area contributed by atoms with E-state index in [0.717, 1.165) is 21.8 Å². The highest BCUT2D eigenvalue weighted by Gasteiger charge is 2.29. The summed E-state index contributed by atoms with van der Waals surface area (Å²) in [5.74, 6) is -0.277. The summed E-state index contributed by atoms with van der Waals surface area (Å²) in [6.07, 6.45) is 2.01. The van der Waals surface area contributed by atoms with Crippen LogP contribution in [0.5, 0.6) is 0 Å². The molecule has 0 radical (unpaired) electrons. The summed E-state index contributed by atoms with van der Waals surface area (Å²) in [4.78, 5) is 32.1. The number of hydrogen-bond acceptors (Lipinski definition) is 7. The van der Waals surface area contributed by atoms with E-state index in [2.05, 4.69) is 28.2 Å². The van der Waals surface area contributed by atoms with E-state index >= 15 is 0 Å². The number of hydrogen-bond donors (Lipinski definition) is 3. The third-order valence-corrected chi connectivity index (χ3v) is 4.55. The number of carbonyl (C=O) groups excluding carboxylic acids is 2. The minimum Gasteiger partial charge on any atom is -0.395 e. The molecule has 0 fully saturated rings. The fourth-order valence-electron chi connectivity index (χ4n) is 2.82. The highest BCUT2D eigenvalue weighted by atomic mass is 32.1. The number of carbonyl (C=O) groups is 2. The molecule has 0 unspecified atom stereocenters. The van der Waals surface area contributed by atoms with Crippen LogP contribution in [-0.4, -0.2) is 64.4 Å². The van der Waals surface area contributed by atoms with Crippen molar-refractivity contribution in [3.63, 3.8) is 0 Å². The van der Waals surface area contributed by atoms with Crippen LogP contribution in [0.15, 0.2) is 24.5 Å². The first-order chi connectivity index (χ1) is 12.5. The summed E-state index contributed by atoms with van der Waals surface area (Å²) in [5.41, 5.74) is 2.48. The summed E-state index contributed by atoms with van der Waals surface area (Å²) in [5, 5.41) is 15.4. The molecule has 0 saturated carbocycles. The summed E-state index contributed by atoms with van der Waals surface area (Å²) in [7, 11) is 1.68. The van der Waals surface area contributed by atoms with Crippen molar-refractivity contribution in [3.8, 4) is 0 Å². The minimum absolute atomic E-state index is 0.0251. The van der Waals surface area contributed by atoms with E-state index in [9.17, 15) is 9.59 Å². The summed E-state index contributed by atoms with van der Waals surface area (Å²) in [6, 6.07) is 5.61. The number of benzene rings is 1. The Kier molecular flexibility index (Phi) is 5.55. The topological polar surface area (TPSA) is 104 Å². The van der Waals surface area contributed by atoms with Gasteiger partial charge in [-0.25, -0.2) is 4.98 Å². The molecule has 2 aromatic rings. The Balaban J connectivity index is 1.80. The van der Waals surface area contributed by atoms with E-state index in [1.54, 1.807) is 11.9 Å². The molecule has 2 amide bonds. The molecule has 2 heterocycles. The molecule has 0 saturated heterocycles. The lowest BCUT2D eigenvalue weighted by Crippen LogP contribution is -2.36. The van der Waals surface area contributed by atoms with Crippen LogP contribution in [0, 0.1) is 0 Å². The van der Waals surface area contributed by atoms with E-state index in [-0.39, 0.29) is 30.8 Å². The quantitative estimate of drug-likeness (QED) is 0.473. The maximum Gasteiger partial charge on any atom is 0.296 e. The number of aliphatic hydroxyl groups excluding tert-OH is 1. The van der Waals surface area contributed by atoms with Crippen molar-refractivity contribution < 1.29 is 14.7 Å². The van der Waals surface area contributed by atoms with Crippen LogP contribution in [0.3, 0.4) is 0 Å². The average molecular weight is 376 g/mol. The first kappa shape index (κ1) is 18.4. The van der Waals surface area contributed by atoms with Gasteiger partial charge in [-0.2, -0.15) is 4.09 Å². The molecule has 0 spiro atoms. The predicted octanol–water partition coefficient (Wildman–Crippen LogP) is -0.281. The number of nitrogens with one attached hydrogen (secondary N) is 1. The molecular formula is C16H20N6O3S. The van der Waals surface area contributed by atoms with Gasteiger partial charge in [0.2, 0.25) is 11.7 Å². The number of nitrogens with zero attached hydrogens (tertiary/aromatic N) is 5.